The largest absolute Gasteiger partial charge is 0.537 e. The van der Waals surface area contributed by atoms with Gasteiger partial charge in [0.25, 0.3) is 0 Å². The van der Waals surface area contributed by atoms with Gasteiger partial charge in [0.2, 0.25) is 0 Å². The van der Waals surface area contributed by atoms with Gasteiger partial charge in [-0.2, -0.15) is 0 Å². The smallest absolute Gasteiger partial charge is 0.535 e. The number of pyridine rings is 1. The summed E-state index contributed by atoms with van der Waals surface area (Å²) in [5.41, 5.74) is 0.880. The average Bonchev–Trinajstić information content (AvgIpc) is 2.48. The van der Waals surface area contributed by atoms with Gasteiger partial charge in [-0.1, -0.05) is 12.1 Å². The van der Waals surface area contributed by atoms with Gasteiger partial charge in [-0.05, 0) is 30.2 Å². The van der Waals surface area contributed by atoms with Crippen molar-refractivity contribution < 1.29 is 19.6 Å². The normalized spacial score (nSPS) is 17.0. The molecule has 1 aliphatic heterocycles. The Morgan fingerprint density at radius 1 is 1.33 bits per heavy atom. The summed E-state index contributed by atoms with van der Waals surface area (Å²) in [6.07, 6.45) is 3.92. The van der Waals surface area contributed by atoms with Crippen molar-refractivity contribution in [3.05, 3.63) is 53.9 Å². The van der Waals surface area contributed by atoms with E-state index in [-0.39, 0.29) is 16.5 Å². The molecule has 0 amide bonds. The number of fused-ring (bicyclic) bond motifs is 1. The zero-order chi connectivity index (χ0) is 14.8. The van der Waals surface area contributed by atoms with Crippen LogP contribution < -0.4 is 4.65 Å². The second-order valence-corrected chi connectivity index (χ2v) is 5.96. The van der Waals surface area contributed by atoms with Crippen LogP contribution >= 0.6 is 11.8 Å². The number of aromatic nitrogens is 1. The minimum Gasteiger partial charge on any atom is -0.535 e. The first kappa shape index (κ1) is 14.0. The van der Waals surface area contributed by atoms with E-state index in [0.29, 0.717) is 6.42 Å². The molecule has 1 aromatic carbocycles. The Bertz CT molecular complexity index is 667. The summed E-state index contributed by atoms with van der Waals surface area (Å²) in [6, 6.07) is 8.72. The van der Waals surface area contributed by atoms with Crippen LogP contribution in [0.2, 0.25) is 0 Å². The maximum absolute atomic E-state index is 11.2. The fourth-order valence-electron chi connectivity index (χ4n) is 2.26. The van der Waals surface area contributed by atoms with Gasteiger partial charge in [0.05, 0.1) is 10.7 Å². The zero-order valence-electron chi connectivity index (χ0n) is 11.0. The van der Waals surface area contributed by atoms with E-state index in [1.165, 1.54) is 17.8 Å². The van der Waals surface area contributed by atoms with Crippen molar-refractivity contribution in [2.45, 2.75) is 16.5 Å². The monoisotopic (exact) mass is 301 g/mol. The topological polar surface area (TPSA) is 79.7 Å². The molecule has 1 aromatic heterocycles. The average molecular weight is 301 g/mol. The number of benzene rings is 1. The van der Waals surface area contributed by atoms with Crippen molar-refractivity contribution in [2.75, 3.05) is 0 Å². The first-order valence-corrected chi connectivity index (χ1v) is 7.29. The maximum Gasteiger partial charge on any atom is 0.537 e. The number of para-hydroxylation sites is 1. The summed E-state index contributed by atoms with van der Waals surface area (Å²) >= 11 is 1.49. The number of carboxylic acid groups (broad SMARTS) is 1. The molecule has 3 rings (SSSR count). The molecular formula is C14H12BNO4S. The predicted molar refractivity (Wildman–Crippen MR) is 79.6 cm³/mol. The van der Waals surface area contributed by atoms with E-state index in [4.69, 9.17) is 9.76 Å². The number of hydrogen-bond acceptors (Lipinski definition) is 5. The maximum atomic E-state index is 11.2. The van der Waals surface area contributed by atoms with Crippen molar-refractivity contribution in [1.29, 1.82) is 0 Å². The molecule has 2 N–H and O–H groups in total. The van der Waals surface area contributed by atoms with E-state index in [0.717, 1.165) is 10.5 Å². The lowest BCUT2D eigenvalue weighted by Crippen LogP contribution is -2.40. The van der Waals surface area contributed by atoms with E-state index < -0.39 is 13.1 Å². The summed E-state index contributed by atoms with van der Waals surface area (Å²) in [7, 11) is -1.05. The lowest BCUT2D eigenvalue weighted by Gasteiger charge is -2.27. The molecule has 0 saturated heterocycles. The Hall–Kier alpha value is -1.99. The highest BCUT2D eigenvalue weighted by Crippen LogP contribution is 2.36. The molecule has 0 bridgehead atoms. The molecule has 5 nitrogen and oxygen atoms in total. The van der Waals surface area contributed by atoms with Gasteiger partial charge >= 0.3 is 13.1 Å². The quantitative estimate of drug-likeness (QED) is 0.843. The van der Waals surface area contributed by atoms with Crippen LogP contribution in [-0.2, 0) is 6.42 Å². The lowest BCUT2D eigenvalue weighted by atomic mass is 9.77. The van der Waals surface area contributed by atoms with Crippen molar-refractivity contribution in [3.63, 3.8) is 0 Å². The highest BCUT2D eigenvalue weighted by atomic mass is 32.2. The highest BCUT2D eigenvalue weighted by Gasteiger charge is 2.37. The van der Waals surface area contributed by atoms with Gasteiger partial charge in [-0.25, -0.2) is 4.79 Å². The van der Waals surface area contributed by atoms with Gasteiger partial charge in [0, 0.05) is 17.3 Å². The van der Waals surface area contributed by atoms with Crippen molar-refractivity contribution in [1.82, 2.24) is 4.98 Å². The van der Waals surface area contributed by atoms with E-state index >= 15 is 0 Å². The number of aromatic carboxylic acids is 1. The van der Waals surface area contributed by atoms with Crippen LogP contribution in [0.15, 0.2) is 47.6 Å². The second kappa shape index (κ2) is 5.79. The van der Waals surface area contributed by atoms with Crippen LogP contribution in [-0.4, -0.2) is 33.4 Å². The minimum absolute atomic E-state index is 0.0823. The van der Waals surface area contributed by atoms with Crippen LogP contribution in [0.4, 0.5) is 0 Å². The third-order valence-corrected chi connectivity index (χ3v) is 4.49. The molecule has 106 valence electrons. The molecule has 2 aromatic rings. The summed E-state index contributed by atoms with van der Waals surface area (Å²) in [5.74, 6) is -0.789. The molecule has 0 saturated carbocycles. The Morgan fingerprint density at radius 3 is 2.81 bits per heavy atom. The Morgan fingerprint density at radius 2 is 2.10 bits per heavy atom. The second-order valence-electron chi connectivity index (χ2n) is 4.65. The minimum atomic E-state index is -1.06. The number of carbonyl (C=O) groups is 1. The van der Waals surface area contributed by atoms with Crippen LogP contribution in [0.5, 0.6) is 5.75 Å². The van der Waals surface area contributed by atoms with E-state index in [2.05, 4.69) is 4.98 Å². The summed E-state index contributed by atoms with van der Waals surface area (Å²) in [5, 5.41) is 19.1. The molecule has 1 aliphatic rings. The third-order valence-electron chi connectivity index (χ3n) is 3.24. The Kier molecular flexibility index (Phi) is 3.85. The predicted octanol–water partition coefficient (Wildman–Crippen LogP) is 1.90. The van der Waals surface area contributed by atoms with E-state index in [1.807, 2.05) is 18.2 Å². The van der Waals surface area contributed by atoms with Crippen LogP contribution in [0, 0.1) is 0 Å². The van der Waals surface area contributed by atoms with Gasteiger partial charge in [-0.15, -0.1) is 11.8 Å². The zero-order valence-corrected chi connectivity index (χ0v) is 11.8. The molecule has 2 heterocycles. The number of rotatable bonds is 3. The Balaban J connectivity index is 1.86. The SMILES string of the molecule is O=C(O)c1cccc2c1OB(O)[C@@H](Sc1ccncc1)C2. The Labute approximate surface area is 126 Å². The fourth-order valence-corrected chi connectivity index (χ4v) is 3.32. The standard InChI is InChI=1S/C14H12BNO4S/c17-14(18)11-3-1-2-9-8-12(15(19)20-13(9)11)21-10-4-6-16-7-5-10/h1-7,12,19H,8H2,(H,17,18)/t12-/m0/s1. The van der Waals surface area contributed by atoms with Gasteiger partial charge in [-0.3, -0.25) is 4.98 Å². The first-order valence-electron chi connectivity index (χ1n) is 6.42. The van der Waals surface area contributed by atoms with Crippen LogP contribution in [0.25, 0.3) is 0 Å². The lowest BCUT2D eigenvalue weighted by molar-refractivity contribution is 0.0694. The molecule has 0 aliphatic carbocycles. The van der Waals surface area contributed by atoms with E-state index in [9.17, 15) is 9.82 Å². The summed E-state index contributed by atoms with van der Waals surface area (Å²) < 4.78 is 5.45. The molecule has 21 heavy (non-hydrogen) atoms. The van der Waals surface area contributed by atoms with E-state index in [1.54, 1.807) is 18.5 Å². The third kappa shape index (κ3) is 2.89. The van der Waals surface area contributed by atoms with Gasteiger partial charge in [0.15, 0.2) is 0 Å². The molecule has 0 fully saturated rings. The van der Waals surface area contributed by atoms with Gasteiger partial charge in [0.1, 0.15) is 5.75 Å². The van der Waals surface area contributed by atoms with Gasteiger partial charge < -0.3 is 14.8 Å². The molecule has 0 spiro atoms. The number of hydrogen-bond donors (Lipinski definition) is 2. The molecule has 7 heteroatoms. The van der Waals surface area contributed by atoms with Crippen molar-refractivity contribution in [3.8, 4) is 5.75 Å². The number of carboxylic acids is 1. The number of thioether (sulfide) groups is 1. The molecule has 0 radical (unpaired) electrons. The van der Waals surface area contributed by atoms with Crippen molar-refractivity contribution in [2.24, 2.45) is 0 Å². The van der Waals surface area contributed by atoms with Crippen molar-refractivity contribution >= 4 is 24.8 Å². The number of nitrogens with zero attached hydrogens (tertiary/aromatic N) is 1. The molecular weight excluding hydrogens is 289 g/mol. The molecule has 1 atom stereocenters. The fraction of sp³-hybridized carbons (Fsp3) is 0.143. The highest BCUT2D eigenvalue weighted by molar-refractivity contribution is 8.01. The summed E-state index contributed by atoms with van der Waals surface area (Å²) in [6.45, 7) is 0. The first-order chi connectivity index (χ1) is 10.1. The molecule has 0 unspecified atom stereocenters. The summed E-state index contributed by atoms with van der Waals surface area (Å²) in [4.78, 5) is 16.1. The van der Waals surface area contributed by atoms with Crippen LogP contribution in [0.3, 0.4) is 0 Å². The van der Waals surface area contributed by atoms with Crippen LogP contribution in [0.1, 0.15) is 15.9 Å².